The van der Waals surface area contributed by atoms with Crippen molar-refractivity contribution in [1.29, 1.82) is 0 Å². The Morgan fingerprint density at radius 2 is 2.11 bits per heavy atom. The second-order valence-electron chi connectivity index (χ2n) is 4.39. The Kier molecular flexibility index (Phi) is 6.08. The normalized spacial score (nSPS) is 10.5. The average molecular weight is 277 g/mol. The maximum atomic E-state index is 13.1. The van der Waals surface area contributed by atoms with E-state index >= 15 is 0 Å². The van der Waals surface area contributed by atoms with Crippen LogP contribution in [-0.4, -0.2) is 19.6 Å². The van der Waals surface area contributed by atoms with Crippen molar-refractivity contribution < 1.29 is 13.9 Å². The van der Waals surface area contributed by atoms with Crippen molar-refractivity contribution in [2.45, 2.75) is 13.8 Å². The number of nitrogens with one attached hydrogen (secondary N) is 1. The van der Waals surface area contributed by atoms with Gasteiger partial charge in [0.05, 0.1) is 12.5 Å². The molecule has 1 amide bonds. The van der Waals surface area contributed by atoms with Gasteiger partial charge in [0.25, 0.3) is 0 Å². The van der Waals surface area contributed by atoms with Gasteiger partial charge in [-0.15, -0.1) is 12.4 Å². The number of hydrogen-bond acceptors (Lipinski definition) is 3. The number of carbonyl (C=O) groups excluding carboxylic acids is 1. The van der Waals surface area contributed by atoms with Gasteiger partial charge in [-0.25, -0.2) is 4.39 Å². The Morgan fingerprint density at radius 1 is 1.50 bits per heavy atom. The van der Waals surface area contributed by atoms with Crippen molar-refractivity contribution in [2.75, 3.05) is 19.0 Å². The Hall–Kier alpha value is -1.33. The highest BCUT2D eigenvalue weighted by molar-refractivity contribution is 5.95. The highest BCUT2D eigenvalue weighted by atomic mass is 35.5. The Bertz CT molecular complexity index is 425. The summed E-state index contributed by atoms with van der Waals surface area (Å²) in [4.78, 5) is 11.8. The van der Waals surface area contributed by atoms with Crippen molar-refractivity contribution in [3.8, 4) is 5.75 Å². The summed E-state index contributed by atoms with van der Waals surface area (Å²) in [7, 11) is 1.37. The van der Waals surface area contributed by atoms with Gasteiger partial charge in [-0.3, -0.25) is 4.79 Å². The molecule has 1 rings (SSSR count). The zero-order valence-electron chi connectivity index (χ0n) is 10.6. The van der Waals surface area contributed by atoms with Crippen LogP contribution in [-0.2, 0) is 4.79 Å². The average Bonchev–Trinajstić information content (AvgIpc) is 2.31. The van der Waals surface area contributed by atoms with Gasteiger partial charge in [-0.1, -0.05) is 0 Å². The van der Waals surface area contributed by atoms with Crippen LogP contribution in [0.3, 0.4) is 0 Å². The van der Waals surface area contributed by atoms with Crippen LogP contribution < -0.4 is 15.8 Å². The largest absolute Gasteiger partial charge is 0.494 e. The van der Waals surface area contributed by atoms with E-state index in [0.29, 0.717) is 5.69 Å². The van der Waals surface area contributed by atoms with Crippen molar-refractivity contribution in [3.63, 3.8) is 0 Å². The van der Waals surface area contributed by atoms with E-state index < -0.39 is 11.2 Å². The van der Waals surface area contributed by atoms with E-state index in [1.54, 1.807) is 13.8 Å². The fourth-order valence-electron chi connectivity index (χ4n) is 1.13. The summed E-state index contributed by atoms with van der Waals surface area (Å²) in [6, 6.07) is 4.14. The van der Waals surface area contributed by atoms with E-state index in [9.17, 15) is 9.18 Å². The molecule has 0 saturated heterocycles. The van der Waals surface area contributed by atoms with Crippen LogP contribution in [0.4, 0.5) is 10.1 Å². The maximum absolute atomic E-state index is 13.1. The molecule has 4 nitrogen and oxygen atoms in total. The van der Waals surface area contributed by atoms with Gasteiger partial charge in [0.1, 0.15) is 0 Å². The molecule has 0 atom stereocenters. The number of nitrogens with two attached hydrogens (primary N) is 1. The topological polar surface area (TPSA) is 64.3 Å². The molecule has 0 bridgehead atoms. The van der Waals surface area contributed by atoms with Gasteiger partial charge >= 0.3 is 0 Å². The first-order chi connectivity index (χ1) is 7.90. The van der Waals surface area contributed by atoms with Gasteiger partial charge in [0, 0.05) is 18.3 Å². The Labute approximate surface area is 112 Å². The summed E-state index contributed by atoms with van der Waals surface area (Å²) >= 11 is 0. The SMILES string of the molecule is COc1cc(NC(=O)C(C)(C)CN)ccc1F.Cl. The predicted octanol–water partition coefficient (Wildman–Crippen LogP) is 2.18. The summed E-state index contributed by atoms with van der Waals surface area (Å²) < 4.78 is 18.0. The van der Waals surface area contributed by atoms with Gasteiger partial charge in [0.2, 0.25) is 5.91 Å². The first-order valence-corrected chi connectivity index (χ1v) is 5.26. The van der Waals surface area contributed by atoms with Crippen molar-refractivity contribution >= 4 is 24.0 Å². The highest BCUT2D eigenvalue weighted by Crippen LogP contribution is 2.23. The van der Waals surface area contributed by atoms with E-state index in [2.05, 4.69) is 5.32 Å². The first kappa shape index (κ1) is 16.7. The van der Waals surface area contributed by atoms with Gasteiger partial charge in [0.15, 0.2) is 11.6 Å². The Balaban J connectivity index is 0.00000289. The second-order valence-corrected chi connectivity index (χ2v) is 4.39. The molecule has 0 aliphatic heterocycles. The quantitative estimate of drug-likeness (QED) is 0.886. The molecular weight excluding hydrogens is 259 g/mol. The molecule has 102 valence electrons. The van der Waals surface area contributed by atoms with Crippen LogP contribution in [0.5, 0.6) is 5.75 Å². The van der Waals surface area contributed by atoms with Gasteiger partial charge in [-0.05, 0) is 26.0 Å². The molecule has 0 aliphatic carbocycles. The molecule has 0 spiro atoms. The van der Waals surface area contributed by atoms with E-state index in [1.165, 1.54) is 25.3 Å². The van der Waals surface area contributed by atoms with Gasteiger partial charge in [-0.2, -0.15) is 0 Å². The smallest absolute Gasteiger partial charge is 0.231 e. The molecule has 6 heteroatoms. The number of benzene rings is 1. The minimum atomic E-state index is -0.665. The lowest BCUT2D eigenvalue weighted by molar-refractivity contribution is -0.123. The number of rotatable bonds is 4. The number of amides is 1. The predicted molar refractivity (Wildman–Crippen MR) is 71.7 cm³/mol. The molecular formula is C12H18ClFN2O2. The standard InChI is InChI=1S/C12H17FN2O2.ClH/c1-12(2,7-14)11(16)15-8-4-5-9(13)10(6-8)17-3;/h4-6H,7,14H2,1-3H3,(H,15,16);1H. The number of carbonyl (C=O) groups is 1. The summed E-state index contributed by atoms with van der Waals surface area (Å²) in [5.74, 6) is -0.592. The molecule has 0 aliphatic rings. The van der Waals surface area contributed by atoms with Crippen LogP contribution >= 0.6 is 12.4 Å². The number of halogens is 2. The third kappa shape index (κ3) is 3.85. The summed E-state index contributed by atoms with van der Waals surface area (Å²) in [5, 5.41) is 2.67. The lowest BCUT2D eigenvalue weighted by Crippen LogP contribution is -2.37. The maximum Gasteiger partial charge on any atom is 0.231 e. The van der Waals surface area contributed by atoms with Crippen LogP contribution in [0.1, 0.15) is 13.8 Å². The van der Waals surface area contributed by atoms with E-state index in [1.807, 2.05) is 0 Å². The minimum Gasteiger partial charge on any atom is -0.494 e. The number of methoxy groups -OCH3 is 1. The van der Waals surface area contributed by atoms with E-state index in [4.69, 9.17) is 10.5 Å². The minimum absolute atomic E-state index is 0. The zero-order valence-corrected chi connectivity index (χ0v) is 11.4. The lowest BCUT2D eigenvalue weighted by atomic mass is 9.92. The molecule has 1 aromatic carbocycles. The van der Waals surface area contributed by atoms with Crippen LogP contribution in [0.25, 0.3) is 0 Å². The molecule has 0 saturated carbocycles. The molecule has 0 fully saturated rings. The second kappa shape index (κ2) is 6.56. The van der Waals surface area contributed by atoms with Crippen LogP contribution in [0, 0.1) is 11.2 Å². The molecule has 3 N–H and O–H groups in total. The molecule has 1 aromatic rings. The number of anilines is 1. The van der Waals surface area contributed by atoms with Crippen molar-refractivity contribution in [3.05, 3.63) is 24.0 Å². The fraction of sp³-hybridized carbons (Fsp3) is 0.417. The fourth-order valence-corrected chi connectivity index (χ4v) is 1.13. The molecule has 0 unspecified atom stereocenters. The van der Waals surface area contributed by atoms with Crippen molar-refractivity contribution in [1.82, 2.24) is 0 Å². The van der Waals surface area contributed by atoms with E-state index in [0.717, 1.165) is 0 Å². The molecule has 18 heavy (non-hydrogen) atoms. The third-order valence-corrected chi connectivity index (χ3v) is 2.53. The highest BCUT2D eigenvalue weighted by Gasteiger charge is 2.25. The number of hydrogen-bond donors (Lipinski definition) is 2. The number of ether oxygens (including phenoxy) is 1. The summed E-state index contributed by atoms with van der Waals surface area (Å²) in [5.41, 5.74) is 5.31. The monoisotopic (exact) mass is 276 g/mol. The molecule has 0 radical (unpaired) electrons. The molecule has 0 aromatic heterocycles. The molecule has 0 heterocycles. The third-order valence-electron chi connectivity index (χ3n) is 2.53. The van der Waals surface area contributed by atoms with Gasteiger partial charge < -0.3 is 15.8 Å². The lowest BCUT2D eigenvalue weighted by Gasteiger charge is -2.21. The van der Waals surface area contributed by atoms with E-state index in [-0.39, 0.29) is 30.6 Å². The van der Waals surface area contributed by atoms with Crippen LogP contribution in [0.15, 0.2) is 18.2 Å². The first-order valence-electron chi connectivity index (χ1n) is 5.26. The summed E-state index contributed by atoms with van der Waals surface area (Å²) in [6.45, 7) is 3.71. The zero-order chi connectivity index (χ0) is 13.1. The Morgan fingerprint density at radius 3 is 2.61 bits per heavy atom. The van der Waals surface area contributed by atoms with Crippen molar-refractivity contribution in [2.24, 2.45) is 11.1 Å². The van der Waals surface area contributed by atoms with Crippen LogP contribution in [0.2, 0.25) is 0 Å². The summed E-state index contributed by atoms with van der Waals surface area (Å²) in [6.07, 6.45) is 0.